The van der Waals surface area contributed by atoms with Gasteiger partial charge >= 0.3 is 0 Å². The molecule has 0 radical (unpaired) electrons. The molecule has 33 heavy (non-hydrogen) atoms. The molecule has 1 aliphatic heterocycles. The van der Waals surface area contributed by atoms with Gasteiger partial charge in [-0.2, -0.15) is 0 Å². The van der Waals surface area contributed by atoms with Crippen LogP contribution in [0.25, 0.3) is 22.6 Å². The molecule has 1 saturated heterocycles. The minimum Gasteiger partial charge on any atom is -0.396 e. The van der Waals surface area contributed by atoms with Crippen LogP contribution in [0.1, 0.15) is 12.1 Å². The van der Waals surface area contributed by atoms with Gasteiger partial charge in [0.05, 0.1) is 48.8 Å². The van der Waals surface area contributed by atoms with Crippen molar-refractivity contribution in [2.45, 2.75) is 6.29 Å². The Hall–Kier alpha value is -3.73. The maximum absolute atomic E-state index is 13.5. The van der Waals surface area contributed by atoms with Crippen LogP contribution in [-0.2, 0) is 9.47 Å². The van der Waals surface area contributed by atoms with Crippen molar-refractivity contribution in [2.24, 2.45) is 5.92 Å². The van der Waals surface area contributed by atoms with E-state index < -0.39 is 6.29 Å². The number of hydrogen-bond acceptors (Lipinski definition) is 8. The van der Waals surface area contributed by atoms with E-state index in [1.807, 2.05) is 12.1 Å². The SMILES string of the molecule is OCC1COC(c2nc(-c3ccc(F)cc3)c(-c3ccnc(Nc4cccnc4)n3)[nH]2)OC1. The summed E-state index contributed by atoms with van der Waals surface area (Å²) in [6.07, 6.45) is 4.28. The highest BCUT2D eigenvalue weighted by Gasteiger charge is 2.27. The van der Waals surface area contributed by atoms with Crippen molar-refractivity contribution >= 4 is 11.6 Å². The second-order valence-electron chi connectivity index (χ2n) is 7.53. The van der Waals surface area contributed by atoms with E-state index in [0.29, 0.717) is 47.6 Å². The van der Waals surface area contributed by atoms with Crippen LogP contribution in [0.5, 0.6) is 0 Å². The molecule has 0 atom stereocenters. The maximum Gasteiger partial charge on any atom is 0.227 e. The van der Waals surface area contributed by atoms with Gasteiger partial charge in [0.1, 0.15) is 5.82 Å². The van der Waals surface area contributed by atoms with Crippen LogP contribution < -0.4 is 5.32 Å². The molecule has 1 fully saturated rings. The van der Waals surface area contributed by atoms with E-state index >= 15 is 0 Å². The fourth-order valence-electron chi connectivity index (χ4n) is 3.44. The van der Waals surface area contributed by atoms with Gasteiger partial charge in [0, 0.05) is 23.9 Å². The summed E-state index contributed by atoms with van der Waals surface area (Å²) < 4.78 is 25.0. The highest BCUT2D eigenvalue weighted by Crippen LogP contribution is 2.33. The van der Waals surface area contributed by atoms with Crippen LogP contribution in [-0.4, -0.2) is 49.8 Å². The van der Waals surface area contributed by atoms with Gasteiger partial charge in [-0.3, -0.25) is 4.98 Å². The fraction of sp³-hybridized carbons (Fsp3) is 0.217. The van der Waals surface area contributed by atoms with Gasteiger partial charge in [-0.1, -0.05) is 0 Å². The first-order chi connectivity index (χ1) is 16.2. The average molecular weight is 448 g/mol. The minimum absolute atomic E-state index is 0.00932. The summed E-state index contributed by atoms with van der Waals surface area (Å²) in [6, 6.07) is 11.5. The Bertz CT molecular complexity index is 1210. The summed E-state index contributed by atoms with van der Waals surface area (Å²) in [4.78, 5) is 20.9. The molecule has 5 rings (SSSR count). The van der Waals surface area contributed by atoms with E-state index in [9.17, 15) is 9.50 Å². The van der Waals surface area contributed by atoms with Crippen molar-refractivity contribution in [1.29, 1.82) is 0 Å². The van der Waals surface area contributed by atoms with Gasteiger partial charge in [0.2, 0.25) is 12.2 Å². The molecule has 1 aliphatic rings. The van der Waals surface area contributed by atoms with Crippen LogP contribution in [0.2, 0.25) is 0 Å². The zero-order valence-corrected chi connectivity index (χ0v) is 17.5. The number of halogens is 1. The smallest absolute Gasteiger partial charge is 0.227 e. The number of aromatic amines is 1. The summed E-state index contributed by atoms with van der Waals surface area (Å²) in [5.74, 6) is 0.434. The topological polar surface area (TPSA) is 118 Å². The Morgan fingerprint density at radius 1 is 1.06 bits per heavy atom. The molecule has 1 aromatic carbocycles. The summed E-state index contributed by atoms with van der Waals surface area (Å²) in [5, 5.41) is 12.4. The van der Waals surface area contributed by atoms with Crippen molar-refractivity contribution in [1.82, 2.24) is 24.9 Å². The molecule has 3 aromatic heterocycles. The minimum atomic E-state index is -0.712. The number of anilines is 2. The molecule has 168 valence electrons. The third-order valence-corrected chi connectivity index (χ3v) is 5.12. The lowest BCUT2D eigenvalue weighted by molar-refractivity contribution is -0.213. The zero-order chi connectivity index (χ0) is 22.6. The number of nitrogens with one attached hydrogen (secondary N) is 2. The molecule has 0 saturated carbocycles. The van der Waals surface area contributed by atoms with Crippen LogP contribution in [0.15, 0.2) is 61.1 Å². The quantitative estimate of drug-likeness (QED) is 0.410. The number of aliphatic hydroxyl groups is 1. The second-order valence-corrected chi connectivity index (χ2v) is 7.53. The number of ether oxygens (including phenoxy) is 2. The molecule has 0 bridgehead atoms. The zero-order valence-electron chi connectivity index (χ0n) is 17.5. The Balaban J connectivity index is 1.51. The molecule has 0 aliphatic carbocycles. The molecule has 4 heterocycles. The average Bonchev–Trinajstić information content (AvgIpc) is 3.31. The number of pyridine rings is 1. The van der Waals surface area contributed by atoms with Crippen LogP contribution >= 0.6 is 0 Å². The van der Waals surface area contributed by atoms with Gasteiger partial charge in [-0.15, -0.1) is 0 Å². The third kappa shape index (κ3) is 4.72. The first kappa shape index (κ1) is 21.1. The predicted molar refractivity (Wildman–Crippen MR) is 118 cm³/mol. The van der Waals surface area contributed by atoms with Crippen molar-refractivity contribution in [3.05, 3.63) is 72.7 Å². The Morgan fingerprint density at radius 3 is 2.61 bits per heavy atom. The molecule has 0 unspecified atom stereocenters. The van der Waals surface area contributed by atoms with Gasteiger partial charge < -0.3 is 24.9 Å². The third-order valence-electron chi connectivity index (χ3n) is 5.12. The van der Waals surface area contributed by atoms with Crippen LogP contribution in [0, 0.1) is 11.7 Å². The van der Waals surface area contributed by atoms with Crippen molar-refractivity contribution in [3.63, 3.8) is 0 Å². The molecular weight excluding hydrogens is 427 g/mol. The van der Waals surface area contributed by atoms with E-state index in [1.165, 1.54) is 12.1 Å². The molecule has 0 spiro atoms. The van der Waals surface area contributed by atoms with E-state index in [1.54, 1.807) is 36.8 Å². The fourth-order valence-corrected chi connectivity index (χ4v) is 3.44. The van der Waals surface area contributed by atoms with E-state index in [-0.39, 0.29) is 18.3 Å². The lowest BCUT2D eigenvalue weighted by Crippen LogP contribution is -2.29. The molecule has 4 aromatic rings. The molecular formula is C23H21FN6O3. The largest absolute Gasteiger partial charge is 0.396 e. The van der Waals surface area contributed by atoms with E-state index in [2.05, 4.69) is 25.3 Å². The van der Waals surface area contributed by atoms with Crippen molar-refractivity contribution < 1.29 is 19.0 Å². The monoisotopic (exact) mass is 448 g/mol. The summed E-state index contributed by atoms with van der Waals surface area (Å²) in [5.41, 5.74) is 3.23. The molecule has 9 nitrogen and oxygen atoms in total. The second kappa shape index (κ2) is 9.41. The summed E-state index contributed by atoms with van der Waals surface area (Å²) in [6.45, 7) is 0.705. The number of aromatic nitrogens is 5. The predicted octanol–water partition coefficient (Wildman–Crippen LogP) is 3.47. The lowest BCUT2D eigenvalue weighted by atomic mass is 10.1. The number of rotatable bonds is 6. The molecule has 3 N–H and O–H groups in total. The Labute approximate surface area is 188 Å². The highest BCUT2D eigenvalue weighted by molar-refractivity contribution is 5.77. The Kier molecular flexibility index (Phi) is 6.03. The first-order valence-electron chi connectivity index (χ1n) is 10.4. The number of imidazole rings is 1. The van der Waals surface area contributed by atoms with Gasteiger partial charge in [-0.25, -0.2) is 19.3 Å². The summed E-state index contributed by atoms with van der Waals surface area (Å²) in [7, 11) is 0. The first-order valence-corrected chi connectivity index (χ1v) is 10.4. The number of aliphatic hydroxyl groups excluding tert-OH is 1. The highest BCUT2D eigenvalue weighted by atomic mass is 19.1. The molecule has 0 amide bonds. The normalized spacial score (nSPS) is 18.2. The number of hydrogen-bond donors (Lipinski definition) is 3. The van der Waals surface area contributed by atoms with Crippen LogP contribution in [0.4, 0.5) is 16.0 Å². The van der Waals surface area contributed by atoms with Gasteiger partial charge in [-0.05, 0) is 42.5 Å². The maximum atomic E-state index is 13.5. The number of H-pyrrole nitrogens is 1. The number of benzene rings is 1. The van der Waals surface area contributed by atoms with E-state index in [4.69, 9.17) is 14.5 Å². The van der Waals surface area contributed by atoms with E-state index in [0.717, 1.165) is 5.69 Å². The summed E-state index contributed by atoms with van der Waals surface area (Å²) >= 11 is 0. The standard InChI is InChI=1S/C23H21FN6O3/c24-16-5-3-15(4-6-16)19-20(30-21(29-19)22-32-12-14(11-31)13-33-22)18-7-9-26-23(28-18)27-17-2-1-8-25-10-17/h1-10,14,22,31H,11-13H2,(H,29,30)(H,26,27,28). The Morgan fingerprint density at radius 2 is 1.88 bits per heavy atom. The van der Waals surface area contributed by atoms with Crippen molar-refractivity contribution in [3.8, 4) is 22.6 Å². The van der Waals surface area contributed by atoms with Gasteiger partial charge in [0.25, 0.3) is 0 Å². The number of nitrogens with zero attached hydrogens (tertiary/aromatic N) is 4. The van der Waals surface area contributed by atoms with Crippen molar-refractivity contribution in [2.75, 3.05) is 25.1 Å². The van der Waals surface area contributed by atoms with Gasteiger partial charge in [0.15, 0.2) is 5.82 Å². The lowest BCUT2D eigenvalue weighted by Gasteiger charge is -2.26. The molecule has 10 heteroatoms. The van der Waals surface area contributed by atoms with Crippen LogP contribution in [0.3, 0.4) is 0 Å².